The summed E-state index contributed by atoms with van der Waals surface area (Å²) in [6, 6.07) is 14.4. The average Bonchev–Trinajstić information content (AvgIpc) is 2.95. The molecule has 0 fully saturated rings. The van der Waals surface area contributed by atoms with E-state index in [1.54, 1.807) is 24.3 Å². The fourth-order valence-electron chi connectivity index (χ4n) is 2.75. The summed E-state index contributed by atoms with van der Waals surface area (Å²) < 4.78 is 17.8. The van der Waals surface area contributed by atoms with Crippen molar-refractivity contribution in [3.05, 3.63) is 59.1 Å². The molecule has 7 nitrogen and oxygen atoms in total. The van der Waals surface area contributed by atoms with E-state index in [0.29, 0.717) is 29.2 Å². The molecule has 2 heterocycles. The molecule has 1 aliphatic rings. The molecule has 0 bridgehead atoms. The van der Waals surface area contributed by atoms with Crippen LogP contribution >= 0.6 is 0 Å². The Balaban J connectivity index is 1.38. The minimum Gasteiger partial charge on any atom is -0.486 e. The van der Waals surface area contributed by atoms with Gasteiger partial charge in [-0.05, 0) is 24.3 Å². The lowest BCUT2D eigenvalue weighted by atomic mass is 10.2. The summed E-state index contributed by atoms with van der Waals surface area (Å²) in [7, 11) is 0. The first-order valence-corrected chi connectivity index (χ1v) is 7.94. The average molecular weight is 340 g/mol. The number of fused-ring (bicyclic) bond motifs is 2. The van der Waals surface area contributed by atoms with Gasteiger partial charge in [-0.2, -0.15) is 0 Å². The summed E-state index contributed by atoms with van der Waals surface area (Å²) in [6.45, 7) is 0.531. The Labute approximate surface area is 142 Å². The van der Waals surface area contributed by atoms with Crippen molar-refractivity contribution in [3.8, 4) is 11.5 Å². The highest BCUT2D eigenvalue weighted by Crippen LogP contribution is 2.30. The van der Waals surface area contributed by atoms with Crippen LogP contribution in [0.4, 0.5) is 0 Å². The normalized spacial score (nSPS) is 15.9. The molecule has 4 rings (SSSR count). The molecule has 25 heavy (non-hydrogen) atoms. The van der Waals surface area contributed by atoms with Gasteiger partial charge in [-0.3, -0.25) is 9.36 Å². The second-order valence-electron chi connectivity index (χ2n) is 5.72. The van der Waals surface area contributed by atoms with E-state index in [4.69, 9.17) is 13.9 Å². The lowest BCUT2D eigenvalue weighted by Gasteiger charge is -2.26. The molecule has 1 N–H and O–H groups in total. The number of carbonyl (C=O) groups is 1. The molecule has 0 saturated heterocycles. The molecule has 3 aromatic rings. The number of hydrogen-bond acceptors (Lipinski definition) is 5. The molecule has 2 aromatic carbocycles. The van der Waals surface area contributed by atoms with Gasteiger partial charge in [0, 0.05) is 0 Å². The second kappa shape index (κ2) is 6.35. The summed E-state index contributed by atoms with van der Waals surface area (Å²) in [5.74, 6) is 0.505. The number of nitrogens with one attached hydrogen (secondary N) is 1. The molecule has 1 aromatic heterocycles. The third-order valence-corrected chi connectivity index (χ3v) is 3.97. The monoisotopic (exact) mass is 340 g/mol. The minimum absolute atomic E-state index is 0.111. The molecule has 1 aliphatic heterocycles. The predicted molar refractivity (Wildman–Crippen MR) is 89.8 cm³/mol. The lowest BCUT2D eigenvalue weighted by Crippen LogP contribution is -2.42. The molecule has 0 radical (unpaired) electrons. The first-order chi connectivity index (χ1) is 12.2. The van der Waals surface area contributed by atoms with Crippen molar-refractivity contribution in [2.24, 2.45) is 0 Å². The van der Waals surface area contributed by atoms with Gasteiger partial charge in [0.2, 0.25) is 5.91 Å². The highest BCUT2D eigenvalue weighted by molar-refractivity contribution is 5.79. The van der Waals surface area contributed by atoms with Crippen LogP contribution in [0.5, 0.6) is 11.5 Å². The van der Waals surface area contributed by atoms with Gasteiger partial charge in [-0.1, -0.05) is 24.3 Å². The van der Waals surface area contributed by atoms with Gasteiger partial charge in [0.15, 0.2) is 17.1 Å². The van der Waals surface area contributed by atoms with Crippen molar-refractivity contribution in [1.29, 1.82) is 0 Å². The number of benzene rings is 2. The Morgan fingerprint density at radius 1 is 1.12 bits per heavy atom. The van der Waals surface area contributed by atoms with Gasteiger partial charge < -0.3 is 19.2 Å². The highest BCUT2D eigenvalue weighted by Gasteiger charge is 2.21. The van der Waals surface area contributed by atoms with Crippen molar-refractivity contribution < 1.29 is 18.7 Å². The van der Waals surface area contributed by atoms with E-state index in [9.17, 15) is 9.59 Å². The van der Waals surface area contributed by atoms with Gasteiger partial charge >= 0.3 is 5.76 Å². The Morgan fingerprint density at radius 3 is 2.76 bits per heavy atom. The van der Waals surface area contributed by atoms with Gasteiger partial charge in [0.25, 0.3) is 0 Å². The molecule has 1 amide bonds. The smallest absolute Gasteiger partial charge is 0.420 e. The van der Waals surface area contributed by atoms with Gasteiger partial charge in [-0.15, -0.1) is 0 Å². The van der Waals surface area contributed by atoms with Crippen LogP contribution < -0.4 is 20.5 Å². The highest BCUT2D eigenvalue weighted by atomic mass is 16.6. The standard InChI is InChI=1S/C18H16N2O5/c21-17(10-20-13-5-1-2-6-14(13)25-18(20)22)19-9-12-11-23-15-7-3-4-8-16(15)24-12/h1-8,12H,9-11H2,(H,19,21)/t12-/m0/s1. The van der Waals surface area contributed by atoms with E-state index in [1.165, 1.54) is 4.57 Å². The van der Waals surface area contributed by atoms with E-state index in [-0.39, 0.29) is 25.1 Å². The topological polar surface area (TPSA) is 82.7 Å². The number of carbonyl (C=O) groups excluding carboxylic acids is 1. The summed E-state index contributed by atoms with van der Waals surface area (Å²) in [5, 5.41) is 2.77. The van der Waals surface area contributed by atoms with Crippen LogP contribution in [0.15, 0.2) is 57.7 Å². The van der Waals surface area contributed by atoms with Crippen LogP contribution in [0.2, 0.25) is 0 Å². The zero-order valence-electron chi connectivity index (χ0n) is 13.3. The number of rotatable bonds is 4. The molecule has 0 aliphatic carbocycles. The number of hydrogen-bond donors (Lipinski definition) is 1. The third kappa shape index (κ3) is 3.08. The Kier molecular flexibility index (Phi) is 3.89. The Hall–Kier alpha value is -3.22. The minimum atomic E-state index is -0.553. The van der Waals surface area contributed by atoms with Crippen LogP contribution in [0, 0.1) is 0 Å². The van der Waals surface area contributed by atoms with Crippen molar-refractivity contribution in [3.63, 3.8) is 0 Å². The largest absolute Gasteiger partial charge is 0.486 e. The molecule has 1 atom stereocenters. The maximum atomic E-state index is 12.2. The van der Waals surface area contributed by atoms with E-state index in [1.807, 2.05) is 24.3 Å². The van der Waals surface area contributed by atoms with Gasteiger partial charge in [0.05, 0.1) is 12.1 Å². The molecule has 0 spiro atoms. The van der Waals surface area contributed by atoms with Crippen LogP contribution in [0.3, 0.4) is 0 Å². The quantitative estimate of drug-likeness (QED) is 0.779. The van der Waals surface area contributed by atoms with E-state index in [2.05, 4.69) is 5.32 Å². The number of nitrogens with zero attached hydrogens (tertiary/aromatic N) is 1. The number of aromatic nitrogens is 1. The number of ether oxygens (including phenoxy) is 2. The molecular weight excluding hydrogens is 324 g/mol. The van der Waals surface area contributed by atoms with Crippen molar-refractivity contribution in [2.75, 3.05) is 13.2 Å². The fourth-order valence-corrected chi connectivity index (χ4v) is 2.75. The number of oxazole rings is 1. The third-order valence-electron chi connectivity index (χ3n) is 3.97. The molecule has 7 heteroatoms. The van der Waals surface area contributed by atoms with Crippen molar-refractivity contribution in [1.82, 2.24) is 9.88 Å². The maximum absolute atomic E-state index is 12.2. The first kappa shape index (κ1) is 15.3. The van der Waals surface area contributed by atoms with E-state index >= 15 is 0 Å². The number of amides is 1. The summed E-state index contributed by atoms with van der Waals surface area (Å²) in [6.07, 6.45) is -0.281. The van der Waals surface area contributed by atoms with Crippen molar-refractivity contribution >= 4 is 17.0 Å². The zero-order chi connectivity index (χ0) is 17.2. The van der Waals surface area contributed by atoms with Gasteiger partial charge in [0.1, 0.15) is 19.3 Å². The van der Waals surface area contributed by atoms with Crippen LogP contribution in [-0.2, 0) is 11.3 Å². The van der Waals surface area contributed by atoms with Gasteiger partial charge in [-0.25, -0.2) is 4.79 Å². The predicted octanol–water partition coefficient (Wildman–Crippen LogP) is 1.55. The van der Waals surface area contributed by atoms with Crippen LogP contribution in [0.25, 0.3) is 11.1 Å². The van der Waals surface area contributed by atoms with Crippen LogP contribution in [0.1, 0.15) is 0 Å². The lowest BCUT2D eigenvalue weighted by molar-refractivity contribution is -0.122. The van der Waals surface area contributed by atoms with E-state index < -0.39 is 5.76 Å². The van der Waals surface area contributed by atoms with Crippen LogP contribution in [-0.4, -0.2) is 29.7 Å². The maximum Gasteiger partial charge on any atom is 0.420 e. The second-order valence-corrected chi connectivity index (χ2v) is 5.72. The van der Waals surface area contributed by atoms with E-state index in [0.717, 1.165) is 0 Å². The number of para-hydroxylation sites is 4. The summed E-state index contributed by atoms with van der Waals surface area (Å²) in [4.78, 5) is 24.1. The Bertz CT molecular complexity index is 975. The molecular formula is C18H16N2O5. The summed E-state index contributed by atoms with van der Waals surface area (Å²) >= 11 is 0. The molecule has 128 valence electrons. The fraction of sp³-hybridized carbons (Fsp3) is 0.222. The molecule has 0 unspecified atom stereocenters. The first-order valence-electron chi connectivity index (χ1n) is 7.94. The summed E-state index contributed by atoms with van der Waals surface area (Å²) in [5.41, 5.74) is 1.05. The Morgan fingerprint density at radius 2 is 1.88 bits per heavy atom. The van der Waals surface area contributed by atoms with Crippen molar-refractivity contribution in [2.45, 2.75) is 12.6 Å². The molecule has 0 saturated carbocycles. The zero-order valence-corrected chi connectivity index (χ0v) is 13.3. The SMILES string of the molecule is O=C(Cn1c(=O)oc2ccccc21)NC[C@H]1COc2ccccc2O1.